The number of rotatable bonds is 1. The SMILES string of the molecule is CC1([C@@H]2CC[C@@H]3[C@H]4CC[C@H]5CC6(CC[C@]5(C)[C@@H]4C(=O)C[C@]32C)OCCO6)OCCO1. The second-order valence-electron chi connectivity index (χ2n) is 11.8. The Morgan fingerprint density at radius 2 is 1.50 bits per heavy atom. The van der Waals surface area contributed by atoms with E-state index in [9.17, 15) is 4.79 Å². The molecule has 30 heavy (non-hydrogen) atoms. The van der Waals surface area contributed by atoms with Gasteiger partial charge in [-0.15, -0.1) is 0 Å². The van der Waals surface area contributed by atoms with Crippen LogP contribution in [-0.4, -0.2) is 43.8 Å². The first-order chi connectivity index (χ1) is 14.3. The van der Waals surface area contributed by atoms with Crippen molar-refractivity contribution in [2.75, 3.05) is 26.4 Å². The van der Waals surface area contributed by atoms with Crippen LogP contribution in [0.15, 0.2) is 0 Å². The predicted octanol–water partition coefficient (Wildman–Crippen LogP) is 4.33. The molecule has 0 aromatic rings. The lowest BCUT2D eigenvalue weighted by molar-refractivity contribution is -0.234. The van der Waals surface area contributed by atoms with Crippen molar-refractivity contribution in [2.24, 2.45) is 40.4 Å². The van der Waals surface area contributed by atoms with Crippen molar-refractivity contribution in [2.45, 2.75) is 83.7 Å². The molecule has 2 aliphatic heterocycles. The Morgan fingerprint density at radius 1 is 0.800 bits per heavy atom. The summed E-state index contributed by atoms with van der Waals surface area (Å²) >= 11 is 0. The Hall–Kier alpha value is -0.490. The molecule has 0 aromatic heterocycles. The van der Waals surface area contributed by atoms with Crippen molar-refractivity contribution >= 4 is 5.78 Å². The second-order valence-corrected chi connectivity index (χ2v) is 11.8. The average Bonchev–Trinajstić information content (AvgIpc) is 3.41. The van der Waals surface area contributed by atoms with Crippen molar-refractivity contribution in [3.63, 3.8) is 0 Å². The molecule has 5 nitrogen and oxygen atoms in total. The molecular formula is C25H38O5. The van der Waals surface area contributed by atoms with E-state index in [1.807, 2.05) is 0 Å². The summed E-state index contributed by atoms with van der Waals surface area (Å²) in [6, 6.07) is 0. The smallest absolute Gasteiger partial charge is 0.169 e. The van der Waals surface area contributed by atoms with Crippen molar-refractivity contribution in [3.8, 4) is 0 Å². The molecule has 0 unspecified atom stereocenters. The fraction of sp³-hybridized carbons (Fsp3) is 0.960. The molecule has 1 spiro atoms. The van der Waals surface area contributed by atoms with Gasteiger partial charge in [0.1, 0.15) is 5.78 Å². The molecule has 0 bridgehead atoms. The van der Waals surface area contributed by atoms with E-state index < -0.39 is 5.79 Å². The third-order valence-electron chi connectivity index (χ3n) is 10.7. The third kappa shape index (κ3) is 2.58. The zero-order valence-electron chi connectivity index (χ0n) is 18.9. The van der Waals surface area contributed by atoms with E-state index in [4.69, 9.17) is 18.9 Å². The Bertz CT molecular complexity index is 723. The molecular weight excluding hydrogens is 380 g/mol. The Kier molecular flexibility index (Phi) is 4.38. The van der Waals surface area contributed by atoms with Gasteiger partial charge in [-0.25, -0.2) is 0 Å². The van der Waals surface area contributed by atoms with E-state index in [1.54, 1.807) is 0 Å². The number of fused-ring (bicyclic) bond motifs is 5. The average molecular weight is 419 g/mol. The molecule has 168 valence electrons. The maximum absolute atomic E-state index is 13.9. The summed E-state index contributed by atoms with van der Waals surface area (Å²) in [6.07, 6.45) is 8.41. The van der Waals surface area contributed by atoms with Crippen LogP contribution in [0.1, 0.15) is 72.1 Å². The van der Waals surface area contributed by atoms with Gasteiger partial charge in [0.2, 0.25) is 0 Å². The largest absolute Gasteiger partial charge is 0.348 e. The first kappa shape index (κ1) is 20.1. The minimum Gasteiger partial charge on any atom is -0.348 e. The van der Waals surface area contributed by atoms with E-state index in [2.05, 4.69) is 20.8 Å². The number of hydrogen-bond donors (Lipinski definition) is 0. The molecule has 6 rings (SSSR count). The van der Waals surface area contributed by atoms with Gasteiger partial charge in [-0.1, -0.05) is 13.8 Å². The Balaban J connectivity index is 1.29. The minimum absolute atomic E-state index is 0.00804. The van der Waals surface area contributed by atoms with Crippen molar-refractivity contribution < 1.29 is 23.7 Å². The summed E-state index contributed by atoms with van der Waals surface area (Å²) in [4.78, 5) is 13.9. The Labute approximate surface area is 180 Å². The molecule has 0 radical (unpaired) electrons. The summed E-state index contributed by atoms with van der Waals surface area (Å²) in [5, 5.41) is 0. The van der Waals surface area contributed by atoms with Gasteiger partial charge in [0, 0.05) is 31.1 Å². The lowest BCUT2D eigenvalue weighted by Gasteiger charge is -2.61. The molecule has 6 fully saturated rings. The number of carbonyl (C=O) groups is 1. The number of ether oxygens (including phenoxy) is 4. The molecule has 7 atom stereocenters. The van der Waals surface area contributed by atoms with Crippen LogP contribution in [-0.2, 0) is 23.7 Å². The highest BCUT2D eigenvalue weighted by Crippen LogP contribution is 2.68. The summed E-state index contributed by atoms with van der Waals surface area (Å²) < 4.78 is 24.4. The highest BCUT2D eigenvalue weighted by Gasteiger charge is 2.67. The standard InChI is InChI=1S/C25H38O5/c1-22-8-9-25(29-12-13-30-25)14-16(22)4-5-17-18-6-7-20(24(3)27-10-11-28-24)23(18,2)15-19(26)21(17)22/h16-18,20-21H,4-15H2,1-3H3/t16-,17+,18+,20+,21-,22-,23+/m0/s1. The van der Waals surface area contributed by atoms with E-state index in [-0.39, 0.29) is 22.5 Å². The molecule has 0 N–H and O–H groups in total. The Morgan fingerprint density at radius 3 is 2.23 bits per heavy atom. The molecule has 2 heterocycles. The van der Waals surface area contributed by atoms with Crippen molar-refractivity contribution in [3.05, 3.63) is 0 Å². The summed E-state index contributed by atoms with van der Waals surface area (Å²) in [5.74, 6) is 1.86. The number of Topliss-reactive ketones (excluding diaryl/α,β-unsaturated/α-hetero) is 1. The van der Waals surface area contributed by atoms with Crippen LogP contribution < -0.4 is 0 Å². The second kappa shape index (κ2) is 6.52. The molecule has 2 saturated heterocycles. The van der Waals surface area contributed by atoms with Crippen LogP contribution in [0, 0.1) is 40.4 Å². The highest BCUT2D eigenvalue weighted by atomic mass is 16.7. The van der Waals surface area contributed by atoms with Gasteiger partial charge in [0.25, 0.3) is 0 Å². The van der Waals surface area contributed by atoms with Crippen molar-refractivity contribution in [1.82, 2.24) is 0 Å². The van der Waals surface area contributed by atoms with Gasteiger partial charge in [-0.2, -0.15) is 0 Å². The van der Waals surface area contributed by atoms with Gasteiger partial charge >= 0.3 is 0 Å². The van der Waals surface area contributed by atoms with Gasteiger partial charge < -0.3 is 18.9 Å². The number of hydrogen-bond acceptors (Lipinski definition) is 5. The minimum atomic E-state index is -0.508. The quantitative estimate of drug-likeness (QED) is 0.634. The molecule has 5 heteroatoms. The summed E-state index contributed by atoms with van der Waals surface area (Å²) in [6.45, 7) is 9.73. The monoisotopic (exact) mass is 418 g/mol. The van der Waals surface area contributed by atoms with E-state index >= 15 is 0 Å². The first-order valence-electron chi connectivity index (χ1n) is 12.4. The van der Waals surface area contributed by atoms with Crippen LogP contribution >= 0.6 is 0 Å². The zero-order chi connectivity index (χ0) is 20.8. The van der Waals surface area contributed by atoms with Gasteiger partial charge in [-0.05, 0) is 67.6 Å². The van der Waals surface area contributed by atoms with Gasteiger partial charge in [0.15, 0.2) is 11.6 Å². The predicted molar refractivity (Wildman–Crippen MR) is 111 cm³/mol. The highest BCUT2D eigenvalue weighted by molar-refractivity contribution is 5.84. The fourth-order valence-corrected chi connectivity index (χ4v) is 9.36. The van der Waals surface area contributed by atoms with Gasteiger partial charge in [0.05, 0.1) is 26.4 Å². The van der Waals surface area contributed by atoms with Crippen LogP contribution in [0.25, 0.3) is 0 Å². The van der Waals surface area contributed by atoms with Crippen molar-refractivity contribution in [1.29, 1.82) is 0 Å². The maximum Gasteiger partial charge on any atom is 0.169 e. The molecule has 0 amide bonds. The molecule has 0 aromatic carbocycles. The first-order valence-corrected chi connectivity index (χ1v) is 12.4. The molecule has 4 aliphatic carbocycles. The lowest BCUT2D eigenvalue weighted by Crippen LogP contribution is -2.60. The number of carbonyl (C=O) groups excluding carboxylic acids is 1. The van der Waals surface area contributed by atoms with E-state index in [1.165, 1.54) is 19.3 Å². The topological polar surface area (TPSA) is 54.0 Å². The van der Waals surface area contributed by atoms with Crippen LogP contribution in [0.3, 0.4) is 0 Å². The zero-order valence-corrected chi connectivity index (χ0v) is 18.9. The van der Waals surface area contributed by atoms with E-state index in [0.717, 1.165) is 38.9 Å². The molecule has 4 saturated carbocycles. The van der Waals surface area contributed by atoms with Crippen LogP contribution in [0.5, 0.6) is 0 Å². The summed E-state index contributed by atoms with van der Waals surface area (Å²) in [7, 11) is 0. The molecule has 6 aliphatic rings. The van der Waals surface area contributed by atoms with Crippen LogP contribution in [0.2, 0.25) is 0 Å². The fourth-order valence-electron chi connectivity index (χ4n) is 9.36. The normalized spacial score (nSPS) is 51.6. The van der Waals surface area contributed by atoms with Crippen LogP contribution in [0.4, 0.5) is 0 Å². The third-order valence-corrected chi connectivity index (χ3v) is 10.7. The number of ketones is 1. The van der Waals surface area contributed by atoms with E-state index in [0.29, 0.717) is 49.1 Å². The lowest BCUT2D eigenvalue weighted by atomic mass is 9.44. The maximum atomic E-state index is 13.9. The summed E-state index contributed by atoms with van der Waals surface area (Å²) in [5.41, 5.74) is 0.109. The van der Waals surface area contributed by atoms with Gasteiger partial charge in [-0.3, -0.25) is 4.79 Å².